The number of hydrogen-bond acceptors (Lipinski definition) is 3. The third kappa shape index (κ3) is 22.1. The summed E-state index contributed by atoms with van der Waals surface area (Å²) in [7, 11) is 0. The first-order valence-corrected chi connectivity index (χ1v) is 13.6. The van der Waals surface area contributed by atoms with Crippen LogP contribution in [0.5, 0.6) is 0 Å². The van der Waals surface area contributed by atoms with Gasteiger partial charge in [-0.05, 0) is 51.1 Å². The van der Waals surface area contributed by atoms with Gasteiger partial charge in [0, 0.05) is 6.42 Å². The highest BCUT2D eigenvalue weighted by Crippen LogP contribution is 2.19. The minimum atomic E-state index is 0.0121. The predicted molar refractivity (Wildman–Crippen MR) is 132 cm³/mol. The van der Waals surface area contributed by atoms with Crippen LogP contribution in [-0.2, 0) is 9.53 Å². The van der Waals surface area contributed by atoms with Crippen LogP contribution in [0.25, 0.3) is 0 Å². The molecule has 0 aliphatic rings. The zero-order valence-electron chi connectivity index (χ0n) is 21.0. The van der Waals surface area contributed by atoms with Crippen molar-refractivity contribution in [2.24, 2.45) is 5.92 Å². The van der Waals surface area contributed by atoms with Crippen molar-refractivity contribution in [2.45, 2.75) is 143 Å². The number of carbonyl (C=O) groups is 1. The summed E-state index contributed by atoms with van der Waals surface area (Å²) in [6, 6.07) is 0. The Morgan fingerprint density at radius 3 is 1.67 bits per heavy atom. The van der Waals surface area contributed by atoms with E-state index in [2.05, 4.69) is 26.1 Å². The van der Waals surface area contributed by atoms with Crippen LogP contribution in [0.15, 0.2) is 0 Å². The van der Waals surface area contributed by atoms with Gasteiger partial charge in [-0.25, -0.2) is 0 Å². The second-order valence-corrected chi connectivity index (χ2v) is 9.22. The molecule has 0 aromatic carbocycles. The topological polar surface area (TPSA) is 38.3 Å². The zero-order valence-corrected chi connectivity index (χ0v) is 21.0. The van der Waals surface area contributed by atoms with Gasteiger partial charge in [0.05, 0.1) is 6.61 Å². The molecule has 0 atom stereocenters. The lowest BCUT2D eigenvalue weighted by atomic mass is 9.95. The smallest absolute Gasteiger partial charge is 0.305 e. The van der Waals surface area contributed by atoms with Gasteiger partial charge in [0.2, 0.25) is 0 Å². The van der Waals surface area contributed by atoms with E-state index in [0.717, 1.165) is 25.9 Å². The van der Waals surface area contributed by atoms with Crippen molar-refractivity contribution in [1.29, 1.82) is 0 Å². The molecule has 0 rings (SSSR count). The summed E-state index contributed by atoms with van der Waals surface area (Å²) in [6.45, 7) is 9.57. The molecule has 0 saturated heterocycles. The number of esters is 1. The molecule has 0 saturated carbocycles. The molecule has 0 aliphatic carbocycles. The van der Waals surface area contributed by atoms with Crippen molar-refractivity contribution in [3.63, 3.8) is 0 Å². The van der Waals surface area contributed by atoms with Gasteiger partial charge >= 0.3 is 5.97 Å². The second-order valence-electron chi connectivity index (χ2n) is 9.22. The molecule has 30 heavy (non-hydrogen) atoms. The molecule has 0 radical (unpaired) electrons. The molecule has 0 heterocycles. The Morgan fingerprint density at radius 2 is 1.10 bits per heavy atom. The maximum Gasteiger partial charge on any atom is 0.305 e. The Hall–Kier alpha value is -0.570. The third-order valence-electron chi connectivity index (χ3n) is 6.10. The normalized spacial score (nSPS) is 11.3. The standard InChI is InChI=1S/C27H55NO2/c1-4-7-10-13-14-18-23-28-24-19-17-22-27(29)30-25-26(20-15-11-8-5-2)21-16-12-9-6-3/h26,28H,4-25H2,1-3H3. The molecular weight excluding hydrogens is 370 g/mol. The van der Waals surface area contributed by atoms with Crippen LogP contribution in [0.4, 0.5) is 0 Å². The summed E-state index contributed by atoms with van der Waals surface area (Å²) in [5, 5.41) is 3.52. The Bertz CT molecular complexity index is 334. The van der Waals surface area contributed by atoms with Gasteiger partial charge in [-0.2, -0.15) is 0 Å². The minimum absolute atomic E-state index is 0.0121. The summed E-state index contributed by atoms with van der Waals surface area (Å²) in [5.74, 6) is 0.583. The van der Waals surface area contributed by atoms with E-state index in [9.17, 15) is 4.79 Å². The third-order valence-corrected chi connectivity index (χ3v) is 6.10. The molecule has 0 fully saturated rings. The van der Waals surface area contributed by atoms with Gasteiger partial charge in [0.1, 0.15) is 0 Å². The van der Waals surface area contributed by atoms with Crippen molar-refractivity contribution in [3.8, 4) is 0 Å². The van der Waals surface area contributed by atoms with Gasteiger partial charge in [0.25, 0.3) is 0 Å². The maximum absolute atomic E-state index is 12.1. The molecular formula is C27H55NO2. The van der Waals surface area contributed by atoms with Crippen LogP contribution in [0.2, 0.25) is 0 Å². The molecule has 0 spiro atoms. The van der Waals surface area contributed by atoms with E-state index in [1.54, 1.807) is 0 Å². The number of nitrogens with one attached hydrogen (secondary N) is 1. The molecule has 0 aromatic heterocycles. The molecule has 0 amide bonds. The highest BCUT2D eigenvalue weighted by atomic mass is 16.5. The van der Waals surface area contributed by atoms with E-state index >= 15 is 0 Å². The maximum atomic E-state index is 12.1. The van der Waals surface area contributed by atoms with Crippen LogP contribution in [0.1, 0.15) is 143 Å². The highest BCUT2D eigenvalue weighted by molar-refractivity contribution is 5.69. The largest absolute Gasteiger partial charge is 0.465 e. The van der Waals surface area contributed by atoms with Gasteiger partial charge < -0.3 is 10.1 Å². The Labute approximate surface area is 189 Å². The van der Waals surface area contributed by atoms with E-state index in [4.69, 9.17) is 4.74 Å². The molecule has 1 N–H and O–H groups in total. The van der Waals surface area contributed by atoms with Gasteiger partial charge in [-0.15, -0.1) is 0 Å². The lowest BCUT2D eigenvalue weighted by molar-refractivity contribution is -0.145. The van der Waals surface area contributed by atoms with Crippen LogP contribution in [0.3, 0.4) is 0 Å². The molecule has 180 valence electrons. The summed E-state index contributed by atoms with van der Waals surface area (Å²) in [5.41, 5.74) is 0. The van der Waals surface area contributed by atoms with Crippen molar-refractivity contribution >= 4 is 5.97 Å². The average Bonchev–Trinajstić information content (AvgIpc) is 2.75. The second kappa shape index (κ2) is 24.7. The molecule has 3 nitrogen and oxygen atoms in total. The first-order valence-electron chi connectivity index (χ1n) is 13.6. The number of ether oxygens (including phenoxy) is 1. The molecule has 0 bridgehead atoms. The molecule has 0 aromatic rings. The van der Waals surface area contributed by atoms with E-state index in [-0.39, 0.29) is 5.97 Å². The van der Waals surface area contributed by atoms with Crippen molar-refractivity contribution in [2.75, 3.05) is 19.7 Å². The van der Waals surface area contributed by atoms with Gasteiger partial charge in [-0.1, -0.05) is 104 Å². The van der Waals surface area contributed by atoms with Crippen LogP contribution in [-0.4, -0.2) is 25.7 Å². The van der Waals surface area contributed by atoms with E-state index in [1.165, 1.54) is 103 Å². The lowest BCUT2D eigenvalue weighted by Crippen LogP contribution is -2.17. The quantitative estimate of drug-likeness (QED) is 0.125. The number of carbonyl (C=O) groups excluding carboxylic acids is 1. The van der Waals surface area contributed by atoms with E-state index in [1.807, 2.05) is 0 Å². The fraction of sp³-hybridized carbons (Fsp3) is 0.963. The minimum Gasteiger partial charge on any atom is -0.465 e. The van der Waals surface area contributed by atoms with Crippen molar-refractivity contribution in [1.82, 2.24) is 5.32 Å². The summed E-state index contributed by atoms with van der Waals surface area (Å²) < 4.78 is 5.65. The summed E-state index contributed by atoms with van der Waals surface area (Å²) >= 11 is 0. The first kappa shape index (κ1) is 29.4. The number of rotatable bonds is 24. The lowest BCUT2D eigenvalue weighted by Gasteiger charge is -2.17. The van der Waals surface area contributed by atoms with Crippen LogP contribution >= 0.6 is 0 Å². The Balaban J connectivity index is 3.70. The molecule has 0 aliphatic heterocycles. The fourth-order valence-electron chi connectivity index (χ4n) is 3.99. The Morgan fingerprint density at radius 1 is 0.633 bits per heavy atom. The van der Waals surface area contributed by atoms with Crippen LogP contribution < -0.4 is 5.32 Å². The average molecular weight is 426 g/mol. The predicted octanol–water partition coefficient (Wildman–Crippen LogP) is 8.21. The van der Waals surface area contributed by atoms with Crippen molar-refractivity contribution < 1.29 is 9.53 Å². The Kier molecular flexibility index (Phi) is 24.2. The summed E-state index contributed by atoms with van der Waals surface area (Å²) in [6.07, 6.45) is 23.6. The fourth-order valence-corrected chi connectivity index (χ4v) is 3.99. The molecule has 0 unspecified atom stereocenters. The van der Waals surface area contributed by atoms with Crippen molar-refractivity contribution in [3.05, 3.63) is 0 Å². The number of hydrogen-bond donors (Lipinski definition) is 1. The van der Waals surface area contributed by atoms with Gasteiger partial charge in [0.15, 0.2) is 0 Å². The van der Waals surface area contributed by atoms with E-state index < -0.39 is 0 Å². The number of unbranched alkanes of at least 4 members (excludes halogenated alkanes) is 12. The SMILES string of the molecule is CCCCCCCCNCCCCC(=O)OCC(CCCCCC)CCCCCC. The first-order chi connectivity index (χ1) is 14.7. The van der Waals surface area contributed by atoms with Crippen LogP contribution in [0, 0.1) is 5.92 Å². The highest BCUT2D eigenvalue weighted by Gasteiger charge is 2.12. The van der Waals surface area contributed by atoms with E-state index in [0.29, 0.717) is 18.9 Å². The summed E-state index contributed by atoms with van der Waals surface area (Å²) in [4.78, 5) is 12.1. The zero-order chi connectivity index (χ0) is 22.1. The molecule has 3 heteroatoms. The van der Waals surface area contributed by atoms with Gasteiger partial charge in [-0.3, -0.25) is 4.79 Å². The monoisotopic (exact) mass is 425 g/mol.